The summed E-state index contributed by atoms with van der Waals surface area (Å²) in [5.74, 6) is 0. The Balaban J connectivity index is 2.99. The van der Waals surface area contributed by atoms with Crippen molar-refractivity contribution in [1.29, 1.82) is 0 Å². The summed E-state index contributed by atoms with van der Waals surface area (Å²) in [6.45, 7) is 5.03. The van der Waals surface area contributed by atoms with Gasteiger partial charge in [-0.1, -0.05) is 28.1 Å². The van der Waals surface area contributed by atoms with E-state index in [4.69, 9.17) is 4.43 Å². The first-order valence-corrected chi connectivity index (χ1v) is 6.44. The first-order chi connectivity index (χ1) is 4.27. The molecule has 0 atom stereocenters. The number of halogens is 1. The molecule has 0 aromatic carbocycles. The predicted molar refractivity (Wildman–Crippen MR) is 46.4 cm³/mol. The van der Waals surface area contributed by atoms with Crippen molar-refractivity contribution in [3.63, 3.8) is 0 Å². The maximum absolute atomic E-state index is 5.34. The van der Waals surface area contributed by atoms with Gasteiger partial charge in [0.2, 0.25) is 9.04 Å². The standard InChI is InChI=1S/C6H12BrOSi/c1-9(2)8-6-4-3-5-7/h3-4H,5-6H2,1-2H3. The summed E-state index contributed by atoms with van der Waals surface area (Å²) >= 11 is 3.28. The van der Waals surface area contributed by atoms with Crippen LogP contribution < -0.4 is 0 Å². The molecule has 0 amide bonds. The summed E-state index contributed by atoms with van der Waals surface area (Å²) in [6.07, 6.45) is 4.08. The third-order valence-corrected chi connectivity index (χ3v) is 1.84. The third kappa shape index (κ3) is 8.40. The van der Waals surface area contributed by atoms with E-state index in [-0.39, 0.29) is 0 Å². The largest absolute Gasteiger partial charge is 0.414 e. The van der Waals surface area contributed by atoms with Gasteiger partial charge in [0.25, 0.3) is 0 Å². The molecule has 0 saturated heterocycles. The lowest BCUT2D eigenvalue weighted by Crippen LogP contribution is -2.06. The van der Waals surface area contributed by atoms with Crippen molar-refractivity contribution in [2.24, 2.45) is 0 Å². The van der Waals surface area contributed by atoms with E-state index in [0.29, 0.717) is 0 Å². The molecule has 0 aliphatic rings. The SMILES string of the molecule is C[Si](C)OCC=CCBr. The Morgan fingerprint density at radius 2 is 2.11 bits per heavy atom. The number of allylic oxidation sites excluding steroid dienone is 1. The number of hydrogen-bond acceptors (Lipinski definition) is 1. The van der Waals surface area contributed by atoms with Gasteiger partial charge in [-0.3, -0.25) is 0 Å². The van der Waals surface area contributed by atoms with Gasteiger partial charge in [-0.2, -0.15) is 0 Å². The minimum absolute atomic E-state index is 0.482. The second-order valence-corrected chi connectivity index (χ2v) is 4.60. The molecule has 0 heterocycles. The first kappa shape index (κ1) is 9.40. The first-order valence-electron chi connectivity index (χ1n) is 2.91. The highest BCUT2D eigenvalue weighted by atomic mass is 79.9. The normalized spacial score (nSPS) is 11.6. The lowest BCUT2D eigenvalue weighted by Gasteiger charge is -1.99. The van der Waals surface area contributed by atoms with Crippen molar-refractivity contribution in [2.75, 3.05) is 11.9 Å². The minimum Gasteiger partial charge on any atom is -0.414 e. The van der Waals surface area contributed by atoms with Crippen molar-refractivity contribution < 1.29 is 4.43 Å². The molecule has 0 aliphatic heterocycles. The molecule has 0 N–H and O–H groups in total. The van der Waals surface area contributed by atoms with Crippen LogP contribution in [0.1, 0.15) is 0 Å². The molecule has 0 rings (SSSR count). The molecule has 0 saturated carbocycles. The summed E-state index contributed by atoms with van der Waals surface area (Å²) in [5, 5.41) is 0.922. The summed E-state index contributed by atoms with van der Waals surface area (Å²) < 4.78 is 5.34. The molecular formula is C6H12BrOSi. The second-order valence-electron chi connectivity index (χ2n) is 1.84. The molecule has 1 nitrogen and oxygen atoms in total. The summed E-state index contributed by atoms with van der Waals surface area (Å²) in [5.41, 5.74) is 0. The van der Waals surface area contributed by atoms with E-state index in [0.717, 1.165) is 11.9 Å². The average Bonchev–Trinajstić information content (AvgIpc) is 1.80. The lowest BCUT2D eigenvalue weighted by molar-refractivity contribution is 0.374. The zero-order chi connectivity index (χ0) is 7.11. The van der Waals surface area contributed by atoms with E-state index in [1.807, 2.05) is 12.2 Å². The van der Waals surface area contributed by atoms with Crippen LogP contribution in [0.2, 0.25) is 13.1 Å². The quantitative estimate of drug-likeness (QED) is 0.391. The Bertz CT molecular complexity index is 83.1. The van der Waals surface area contributed by atoms with Crippen LogP contribution in [0, 0.1) is 0 Å². The van der Waals surface area contributed by atoms with Crippen molar-refractivity contribution in [3.8, 4) is 0 Å². The Hall–Kier alpha value is 0.397. The van der Waals surface area contributed by atoms with Gasteiger partial charge in [0.1, 0.15) is 0 Å². The van der Waals surface area contributed by atoms with E-state index in [2.05, 4.69) is 29.0 Å². The summed E-state index contributed by atoms with van der Waals surface area (Å²) in [4.78, 5) is 0. The fourth-order valence-corrected chi connectivity index (χ4v) is 1.04. The fourth-order valence-electron chi connectivity index (χ4n) is 0.346. The van der Waals surface area contributed by atoms with Crippen LogP contribution in [-0.2, 0) is 4.43 Å². The third-order valence-electron chi connectivity index (χ3n) is 0.724. The molecule has 0 spiro atoms. The molecule has 3 heteroatoms. The summed E-state index contributed by atoms with van der Waals surface area (Å²) in [7, 11) is -0.482. The van der Waals surface area contributed by atoms with Gasteiger partial charge in [0, 0.05) is 5.33 Å². The Morgan fingerprint density at radius 1 is 1.44 bits per heavy atom. The topological polar surface area (TPSA) is 9.23 Å². The maximum Gasteiger partial charge on any atom is 0.205 e. The van der Waals surface area contributed by atoms with Crippen LogP contribution in [0.4, 0.5) is 0 Å². The Labute approximate surface area is 67.0 Å². The smallest absolute Gasteiger partial charge is 0.205 e. The van der Waals surface area contributed by atoms with Crippen LogP contribution in [0.5, 0.6) is 0 Å². The molecule has 0 unspecified atom stereocenters. The highest BCUT2D eigenvalue weighted by molar-refractivity contribution is 9.09. The van der Waals surface area contributed by atoms with Crippen LogP contribution in [0.25, 0.3) is 0 Å². The van der Waals surface area contributed by atoms with E-state index in [1.54, 1.807) is 0 Å². The minimum atomic E-state index is -0.482. The number of hydrogen-bond donors (Lipinski definition) is 0. The van der Waals surface area contributed by atoms with E-state index in [9.17, 15) is 0 Å². The van der Waals surface area contributed by atoms with Gasteiger partial charge < -0.3 is 4.43 Å². The van der Waals surface area contributed by atoms with Crippen molar-refractivity contribution >= 4 is 25.0 Å². The maximum atomic E-state index is 5.34. The van der Waals surface area contributed by atoms with Crippen LogP contribution in [-0.4, -0.2) is 21.0 Å². The van der Waals surface area contributed by atoms with Crippen LogP contribution in [0.15, 0.2) is 12.2 Å². The molecule has 53 valence electrons. The summed E-state index contributed by atoms with van der Waals surface area (Å²) in [6, 6.07) is 0. The van der Waals surface area contributed by atoms with Gasteiger partial charge in [0.15, 0.2) is 0 Å². The number of rotatable bonds is 4. The lowest BCUT2D eigenvalue weighted by atomic mass is 10.6. The molecule has 0 fully saturated rings. The molecule has 0 bridgehead atoms. The highest BCUT2D eigenvalue weighted by Crippen LogP contribution is 1.86. The Morgan fingerprint density at radius 3 is 2.56 bits per heavy atom. The van der Waals surface area contributed by atoms with Gasteiger partial charge in [-0.05, 0) is 13.1 Å². The molecule has 9 heavy (non-hydrogen) atoms. The van der Waals surface area contributed by atoms with Crippen molar-refractivity contribution in [2.45, 2.75) is 13.1 Å². The second kappa shape index (κ2) is 6.52. The Kier molecular flexibility index (Phi) is 6.80. The molecule has 1 radical (unpaired) electrons. The zero-order valence-electron chi connectivity index (χ0n) is 5.86. The molecule has 0 aromatic heterocycles. The van der Waals surface area contributed by atoms with Crippen LogP contribution in [0.3, 0.4) is 0 Å². The molecular weight excluding hydrogens is 196 g/mol. The zero-order valence-corrected chi connectivity index (χ0v) is 8.44. The molecule has 0 aromatic rings. The van der Waals surface area contributed by atoms with Gasteiger partial charge in [0.05, 0.1) is 6.61 Å². The monoisotopic (exact) mass is 207 g/mol. The van der Waals surface area contributed by atoms with Gasteiger partial charge >= 0.3 is 0 Å². The van der Waals surface area contributed by atoms with Gasteiger partial charge in [-0.15, -0.1) is 0 Å². The van der Waals surface area contributed by atoms with E-state index >= 15 is 0 Å². The molecule has 0 aliphatic carbocycles. The van der Waals surface area contributed by atoms with Crippen molar-refractivity contribution in [1.82, 2.24) is 0 Å². The van der Waals surface area contributed by atoms with Crippen LogP contribution >= 0.6 is 15.9 Å². The van der Waals surface area contributed by atoms with E-state index < -0.39 is 9.04 Å². The predicted octanol–water partition coefficient (Wildman–Crippen LogP) is 2.21. The average molecular weight is 208 g/mol. The van der Waals surface area contributed by atoms with Crippen molar-refractivity contribution in [3.05, 3.63) is 12.2 Å². The fraction of sp³-hybridized carbons (Fsp3) is 0.667. The van der Waals surface area contributed by atoms with E-state index in [1.165, 1.54) is 0 Å². The highest BCUT2D eigenvalue weighted by Gasteiger charge is 1.91. The van der Waals surface area contributed by atoms with Gasteiger partial charge in [-0.25, -0.2) is 0 Å². The number of alkyl halides is 1.